The summed E-state index contributed by atoms with van der Waals surface area (Å²) in [5.74, 6) is 0.716. The van der Waals surface area contributed by atoms with E-state index < -0.39 is 4.92 Å². The van der Waals surface area contributed by atoms with Crippen LogP contribution in [0.25, 0.3) is 11.4 Å². The van der Waals surface area contributed by atoms with E-state index in [1.54, 1.807) is 0 Å². The van der Waals surface area contributed by atoms with E-state index >= 15 is 0 Å². The first-order valence-corrected chi connectivity index (χ1v) is 5.53. The van der Waals surface area contributed by atoms with Gasteiger partial charge in [-0.2, -0.15) is 0 Å². The molecule has 0 saturated heterocycles. The molecule has 0 unspecified atom stereocenters. The molecule has 0 bridgehead atoms. The number of nitro groups is 1. The predicted octanol–water partition coefficient (Wildman–Crippen LogP) is 2.48. The van der Waals surface area contributed by atoms with Gasteiger partial charge < -0.3 is 5.32 Å². The summed E-state index contributed by atoms with van der Waals surface area (Å²) in [6.45, 7) is 2.42. The van der Waals surface area contributed by atoms with E-state index in [0.717, 1.165) is 5.56 Å². The van der Waals surface area contributed by atoms with Gasteiger partial charge in [0, 0.05) is 12.1 Å². The quantitative estimate of drug-likeness (QED) is 0.660. The summed E-state index contributed by atoms with van der Waals surface area (Å²) < 4.78 is 0. The van der Waals surface area contributed by atoms with Crippen molar-refractivity contribution < 1.29 is 4.92 Å². The van der Waals surface area contributed by atoms with E-state index in [9.17, 15) is 10.1 Å². The number of hydrogen-bond donors (Lipinski definition) is 1. The molecular weight excluding hydrogens is 232 g/mol. The van der Waals surface area contributed by atoms with Gasteiger partial charge in [-0.25, -0.2) is 9.97 Å². The minimum atomic E-state index is -0.493. The molecule has 1 heterocycles. The minimum absolute atomic E-state index is 0.114. The zero-order chi connectivity index (χ0) is 13.0. The number of benzene rings is 1. The Bertz CT molecular complexity index is 557. The number of rotatable bonds is 4. The summed E-state index contributed by atoms with van der Waals surface area (Å²) in [6, 6.07) is 9.34. The van der Waals surface area contributed by atoms with Crippen molar-refractivity contribution in [1.29, 1.82) is 0 Å². The first-order valence-electron chi connectivity index (χ1n) is 5.53. The molecule has 92 valence electrons. The van der Waals surface area contributed by atoms with Crippen molar-refractivity contribution >= 4 is 11.5 Å². The van der Waals surface area contributed by atoms with E-state index in [0.29, 0.717) is 12.4 Å². The standard InChI is InChI=1S/C12H12N4O2/c1-2-13-12-10(16(17)18)8-14-11(15-12)9-6-4-3-5-7-9/h3-8H,2H2,1H3,(H,13,14,15). The molecular formula is C12H12N4O2. The molecule has 6 nitrogen and oxygen atoms in total. The summed E-state index contributed by atoms with van der Waals surface area (Å²) in [6.07, 6.45) is 1.23. The Hall–Kier alpha value is -2.50. The average molecular weight is 244 g/mol. The molecule has 0 radical (unpaired) electrons. The molecule has 0 aliphatic heterocycles. The second-order valence-corrected chi connectivity index (χ2v) is 3.58. The largest absolute Gasteiger partial charge is 0.365 e. The van der Waals surface area contributed by atoms with E-state index in [1.807, 2.05) is 37.3 Å². The highest BCUT2D eigenvalue weighted by Gasteiger charge is 2.16. The fourth-order valence-corrected chi connectivity index (χ4v) is 1.53. The molecule has 2 rings (SSSR count). The molecule has 1 aromatic heterocycles. The van der Waals surface area contributed by atoms with Crippen LogP contribution in [-0.2, 0) is 0 Å². The first-order chi connectivity index (χ1) is 8.72. The fraction of sp³-hybridized carbons (Fsp3) is 0.167. The van der Waals surface area contributed by atoms with Crippen molar-refractivity contribution in [3.63, 3.8) is 0 Å². The molecule has 0 aliphatic rings. The van der Waals surface area contributed by atoms with Gasteiger partial charge in [0.15, 0.2) is 5.82 Å². The van der Waals surface area contributed by atoms with Crippen molar-refractivity contribution in [1.82, 2.24) is 9.97 Å². The van der Waals surface area contributed by atoms with Gasteiger partial charge in [-0.05, 0) is 6.92 Å². The summed E-state index contributed by atoms with van der Waals surface area (Å²) in [4.78, 5) is 18.5. The Kier molecular flexibility index (Phi) is 3.47. The molecule has 0 spiro atoms. The number of aromatic nitrogens is 2. The summed E-state index contributed by atoms with van der Waals surface area (Å²) in [7, 11) is 0. The van der Waals surface area contributed by atoms with Crippen LogP contribution in [0.15, 0.2) is 36.5 Å². The van der Waals surface area contributed by atoms with Gasteiger partial charge in [0.05, 0.1) is 4.92 Å². The van der Waals surface area contributed by atoms with Crippen LogP contribution in [0.4, 0.5) is 11.5 Å². The Balaban J connectivity index is 2.46. The summed E-state index contributed by atoms with van der Waals surface area (Å²) >= 11 is 0. The smallest absolute Gasteiger partial charge is 0.329 e. The topological polar surface area (TPSA) is 81.0 Å². The highest BCUT2D eigenvalue weighted by molar-refractivity contribution is 5.62. The predicted molar refractivity (Wildman–Crippen MR) is 68.3 cm³/mol. The molecule has 0 amide bonds. The first kappa shape index (κ1) is 12.0. The molecule has 18 heavy (non-hydrogen) atoms. The van der Waals surface area contributed by atoms with E-state index in [-0.39, 0.29) is 11.5 Å². The molecule has 0 saturated carbocycles. The monoisotopic (exact) mass is 244 g/mol. The average Bonchev–Trinajstić information content (AvgIpc) is 2.40. The van der Waals surface area contributed by atoms with E-state index in [2.05, 4.69) is 15.3 Å². The number of nitrogens with one attached hydrogen (secondary N) is 1. The summed E-state index contributed by atoms with van der Waals surface area (Å²) in [5.41, 5.74) is 0.711. The zero-order valence-corrected chi connectivity index (χ0v) is 9.83. The molecule has 0 atom stereocenters. The molecule has 2 aromatic rings. The zero-order valence-electron chi connectivity index (χ0n) is 9.83. The van der Waals surface area contributed by atoms with Crippen LogP contribution in [0.5, 0.6) is 0 Å². The van der Waals surface area contributed by atoms with Gasteiger partial charge in [0.2, 0.25) is 5.82 Å². The van der Waals surface area contributed by atoms with Crippen molar-refractivity contribution in [2.45, 2.75) is 6.92 Å². The lowest BCUT2D eigenvalue weighted by Crippen LogP contribution is -2.05. The summed E-state index contributed by atoms with van der Waals surface area (Å²) in [5, 5.41) is 13.7. The van der Waals surface area contributed by atoms with Crippen molar-refractivity contribution in [3.05, 3.63) is 46.6 Å². The van der Waals surface area contributed by atoms with E-state index in [4.69, 9.17) is 0 Å². The van der Waals surface area contributed by atoms with Gasteiger partial charge in [0.25, 0.3) is 0 Å². The fourth-order valence-electron chi connectivity index (χ4n) is 1.53. The number of anilines is 1. The van der Waals surface area contributed by atoms with Crippen LogP contribution in [0, 0.1) is 10.1 Å². The van der Waals surface area contributed by atoms with Crippen LogP contribution in [-0.4, -0.2) is 21.4 Å². The van der Waals surface area contributed by atoms with Gasteiger partial charge in [-0.1, -0.05) is 30.3 Å². The van der Waals surface area contributed by atoms with Gasteiger partial charge >= 0.3 is 5.69 Å². The second kappa shape index (κ2) is 5.22. The maximum absolute atomic E-state index is 10.8. The molecule has 0 fully saturated rings. The molecule has 6 heteroatoms. The molecule has 1 aromatic carbocycles. The normalized spacial score (nSPS) is 10.1. The second-order valence-electron chi connectivity index (χ2n) is 3.58. The Labute approximate surface area is 104 Å². The van der Waals surface area contributed by atoms with Crippen molar-refractivity contribution in [3.8, 4) is 11.4 Å². The molecule has 0 aliphatic carbocycles. The van der Waals surface area contributed by atoms with Crippen LogP contribution < -0.4 is 5.32 Å². The highest BCUT2D eigenvalue weighted by atomic mass is 16.6. The van der Waals surface area contributed by atoms with Crippen molar-refractivity contribution in [2.75, 3.05) is 11.9 Å². The Morgan fingerprint density at radius 2 is 2.06 bits per heavy atom. The van der Waals surface area contributed by atoms with Gasteiger partial charge in [0.1, 0.15) is 6.20 Å². The molecule has 1 N–H and O–H groups in total. The van der Waals surface area contributed by atoms with Crippen LogP contribution in [0.2, 0.25) is 0 Å². The lowest BCUT2D eigenvalue weighted by molar-refractivity contribution is -0.384. The highest BCUT2D eigenvalue weighted by Crippen LogP contribution is 2.24. The number of hydrogen-bond acceptors (Lipinski definition) is 5. The Morgan fingerprint density at radius 3 is 2.67 bits per heavy atom. The lowest BCUT2D eigenvalue weighted by Gasteiger charge is -2.05. The third kappa shape index (κ3) is 2.42. The third-order valence-corrected chi connectivity index (χ3v) is 2.34. The van der Waals surface area contributed by atoms with Crippen LogP contribution >= 0.6 is 0 Å². The van der Waals surface area contributed by atoms with E-state index in [1.165, 1.54) is 6.20 Å². The lowest BCUT2D eigenvalue weighted by atomic mass is 10.2. The van der Waals surface area contributed by atoms with Crippen molar-refractivity contribution in [2.24, 2.45) is 0 Å². The van der Waals surface area contributed by atoms with Crippen LogP contribution in [0.3, 0.4) is 0 Å². The third-order valence-electron chi connectivity index (χ3n) is 2.34. The Morgan fingerprint density at radius 1 is 1.33 bits per heavy atom. The SMILES string of the molecule is CCNc1nc(-c2ccccc2)ncc1[N+](=O)[O-]. The van der Waals surface area contributed by atoms with Gasteiger partial charge in [-0.15, -0.1) is 0 Å². The maximum Gasteiger partial charge on any atom is 0.329 e. The maximum atomic E-state index is 10.8. The van der Waals surface area contributed by atoms with Crippen LogP contribution in [0.1, 0.15) is 6.92 Å². The number of nitrogens with zero attached hydrogens (tertiary/aromatic N) is 3. The minimum Gasteiger partial charge on any atom is -0.365 e. The van der Waals surface area contributed by atoms with Gasteiger partial charge in [-0.3, -0.25) is 10.1 Å².